The number of phenolic OH excluding ortho intramolecular Hbond substituents is 1. The van der Waals surface area contributed by atoms with Crippen LogP contribution in [-0.4, -0.2) is 43.3 Å². The minimum atomic E-state index is -0.868. The molecule has 156 valence electrons. The van der Waals surface area contributed by atoms with E-state index in [2.05, 4.69) is 5.32 Å². The second kappa shape index (κ2) is 11.7. The van der Waals surface area contributed by atoms with Crippen LogP contribution in [0.15, 0.2) is 48.5 Å². The molecule has 0 aliphatic rings. The molecule has 0 aliphatic carbocycles. The molecule has 2 aromatic rings. The summed E-state index contributed by atoms with van der Waals surface area (Å²) >= 11 is 0. The quantitative estimate of drug-likeness (QED) is 0.395. The van der Waals surface area contributed by atoms with Gasteiger partial charge in [-0.2, -0.15) is 0 Å². The number of ether oxygens (including phenoxy) is 2. The number of rotatable bonds is 11. The summed E-state index contributed by atoms with van der Waals surface area (Å²) in [6, 6.07) is 12.9. The Morgan fingerprint density at radius 3 is 2.52 bits per heavy atom. The largest absolute Gasteiger partial charge is 0.507 e. The minimum absolute atomic E-state index is 0.0578. The lowest BCUT2D eigenvalue weighted by Gasteiger charge is -2.17. The number of carbonyl (C=O) groups excluding carboxylic acids is 2. The fourth-order valence-electron chi connectivity index (χ4n) is 2.83. The Hall–Kier alpha value is -3.06. The van der Waals surface area contributed by atoms with Gasteiger partial charge in [0.2, 0.25) is 0 Å². The fourth-order valence-corrected chi connectivity index (χ4v) is 2.83. The van der Waals surface area contributed by atoms with Crippen molar-refractivity contribution in [3.05, 3.63) is 59.7 Å². The topological polar surface area (TPSA) is 111 Å². The second-order valence-electron chi connectivity index (χ2n) is 6.62. The molecule has 0 radical (unpaired) electrons. The molecule has 2 rings (SSSR count). The van der Waals surface area contributed by atoms with E-state index in [1.54, 1.807) is 6.07 Å². The van der Waals surface area contributed by atoms with E-state index in [0.29, 0.717) is 18.9 Å². The summed E-state index contributed by atoms with van der Waals surface area (Å²) in [5.41, 5.74) is 6.39. The molecule has 0 unspecified atom stereocenters. The van der Waals surface area contributed by atoms with Gasteiger partial charge >= 0.3 is 5.97 Å². The summed E-state index contributed by atoms with van der Waals surface area (Å²) in [6.07, 6.45) is 3.06. The highest BCUT2D eigenvalue weighted by atomic mass is 16.5. The van der Waals surface area contributed by atoms with Gasteiger partial charge in [0.15, 0.2) is 0 Å². The number of amides is 1. The Kier molecular flexibility index (Phi) is 8.98. The monoisotopic (exact) mass is 400 g/mol. The van der Waals surface area contributed by atoms with Crippen molar-refractivity contribution in [3.63, 3.8) is 0 Å². The molecule has 0 aromatic heterocycles. The second-order valence-corrected chi connectivity index (χ2v) is 6.62. The molecule has 0 heterocycles. The predicted molar refractivity (Wildman–Crippen MR) is 110 cm³/mol. The number of hydrogen-bond donors (Lipinski definition) is 3. The van der Waals surface area contributed by atoms with E-state index in [1.807, 2.05) is 30.3 Å². The standard InChI is InChI=1S/C22H28N2O5/c1-28-22(27)19(14-16-8-4-2-5-9-16)24-21(26)18-11-10-17(15-20(18)25)29-13-7-3-6-12-23/h2,4-5,8-11,15,19,25H,3,6-7,12-14,23H2,1H3,(H,24,26)/t19-/m0/s1. The van der Waals surface area contributed by atoms with Crippen molar-refractivity contribution >= 4 is 11.9 Å². The maximum Gasteiger partial charge on any atom is 0.328 e. The van der Waals surface area contributed by atoms with Crippen LogP contribution in [0.25, 0.3) is 0 Å². The zero-order valence-corrected chi connectivity index (χ0v) is 16.6. The SMILES string of the molecule is COC(=O)[C@H](Cc1ccccc1)NC(=O)c1ccc(OCCCCCN)cc1O. The summed E-state index contributed by atoms with van der Waals surface area (Å²) in [6.45, 7) is 1.16. The van der Waals surface area contributed by atoms with Crippen LogP contribution in [0.2, 0.25) is 0 Å². The lowest BCUT2D eigenvalue weighted by atomic mass is 10.1. The van der Waals surface area contributed by atoms with Crippen LogP contribution in [0.4, 0.5) is 0 Å². The number of esters is 1. The van der Waals surface area contributed by atoms with E-state index in [9.17, 15) is 14.7 Å². The number of phenols is 1. The average molecular weight is 400 g/mol. The smallest absolute Gasteiger partial charge is 0.328 e. The normalized spacial score (nSPS) is 11.5. The highest BCUT2D eigenvalue weighted by Crippen LogP contribution is 2.24. The van der Waals surface area contributed by atoms with Crippen molar-refractivity contribution in [2.75, 3.05) is 20.3 Å². The molecule has 0 saturated heterocycles. The van der Waals surface area contributed by atoms with Gasteiger partial charge in [-0.25, -0.2) is 4.79 Å². The number of carbonyl (C=O) groups is 2. The van der Waals surface area contributed by atoms with Crippen LogP contribution in [0.5, 0.6) is 11.5 Å². The number of nitrogens with two attached hydrogens (primary N) is 1. The van der Waals surface area contributed by atoms with Crippen molar-refractivity contribution in [3.8, 4) is 11.5 Å². The molecule has 7 heteroatoms. The number of aromatic hydroxyl groups is 1. The number of hydrogen-bond acceptors (Lipinski definition) is 6. The molecule has 2 aromatic carbocycles. The molecule has 0 fully saturated rings. The van der Waals surface area contributed by atoms with Crippen molar-refractivity contribution in [1.29, 1.82) is 0 Å². The van der Waals surface area contributed by atoms with Gasteiger partial charge in [-0.15, -0.1) is 0 Å². The average Bonchev–Trinajstić information content (AvgIpc) is 2.73. The van der Waals surface area contributed by atoms with Crippen LogP contribution in [-0.2, 0) is 16.0 Å². The molecule has 0 aliphatic heterocycles. The van der Waals surface area contributed by atoms with Crippen molar-refractivity contribution in [2.45, 2.75) is 31.7 Å². The lowest BCUT2D eigenvalue weighted by molar-refractivity contribution is -0.142. The predicted octanol–water partition coefficient (Wildman–Crippen LogP) is 2.41. The van der Waals surface area contributed by atoms with Crippen molar-refractivity contribution < 1.29 is 24.2 Å². The van der Waals surface area contributed by atoms with Gasteiger partial charge in [-0.3, -0.25) is 4.79 Å². The minimum Gasteiger partial charge on any atom is -0.507 e. The van der Waals surface area contributed by atoms with E-state index in [1.165, 1.54) is 19.2 Å². The Morgan fingerprint density at radius 1 is 1.10 bits per heavy atom. The molecule has 0 bridgehead atoms. The molecule has 7 nitrogen and oxygen atoms in total. The Balaban J connectivity index is 2.00. The summed E-state index contributed by atoms with van der Waals surface area (Å²) in [4.78, 5) is 24.7. The van der Waals surface area contributed by atoms with E-state index >= 15 is 0 Å². The fraction of sp³-hybridized carbons (Fsp3) is 0.364. The third-order valence-corrected chi connectivity index (χ3v) is 4.40. The Morgan fingerprint density at radius 2 is 1.86 bits per heavy atom. The third kappa shape index (κ3) is 7.12. The van der Waals surface area contributed by atoms with Crippen LogP contribution >= 0.6 is 0 Å². The third-order valence-electron chi connectivity index (χ3n) is 4.40. The number of unbranched alkanes of at least 4 members (excludes halogenated alkanes) is 2. The lowest BCUT2D eigenvalue weighted by Crippen LogP contribution is -2.43. The Bertz CT molecular complexity index is 795. The molecule has 0 saturated carbocycles. The molecular weight excluding hydrogens is 372 g/mol. The first-order valence-corrected chi connectivity index (χ1v) is 9.63. The van der Waals surface area contributed by atoms with E-state index < -0.39 is 17.9 Å². The van der Waals surface area contributed by atoms with Gasteiger partial charge in [0, 0.05) is 12.5 Å². The molecule has 29 heavy (non-hydrogen) atoms. The first kappa shape index (κ1) is 22.2. The van der Waals surface area contributed by atoms with E-state index in [-0.39, 0.29) is 17.7 Å². The summed E-state index contributed by atoms with van der Waals surface area (Å²) in [7, 11) is 1.27. The van der Waals surface area contributed by atoms with Gasteiger partial charge in [-0.1, -0.05) is 30.3 Å². The number of nitrogens with one attached hydrogen (secondary N) is 1. The Labute approximate surface area is 170 Å². The van der Waals surface area contributed by atoms with Crippen molar-refractivity contribution in [2.24, 2.45) is 5.73 Å². The number of methoxy groups -OCH3 is 1. The van der Waals surface area contributed by atoms with Gasteiger partial charge in [0.1, 0.15) is 17.5 Å². The van der Waals surface area contributed by atoms with Crippen LogP contribution in [0, 0.1) is 0 Å². The summed E-state index contributed by atoms with van der Waals surface area (Å²) in [5.74, 6) is -0.867. The number of benzene rings is 2. The van der Waals surface area contributed by atoms with E-state index in [4.69, 9.17) is 15.2 Å². The maximum atomic E-state index is 12.6. The zero-order valence-electron chi connectivity index (χ0n) is 16.6. The molecule has 1 amide bonds. The molecular formula is C22H28N2O5. The van der Waals surface area contributed by atoms with E-state index in [0.717, 1.165) is 24.8 Å². The summed E-state index contributed by atoms with van der Waals surface area (Å²) < 4.78 is 10.4. The van der Waals surface area contributed by atoms with Gasteiger partial charge in [0.05, 0.1) is 19.3 Å². The first-order chi connectivity index (χ1) is 14.0. The highest BCUT2D eigenvalue weighted by molar-refractivity contribution is 5.99. The van der Waals surface area contributed by atoms with Gasteiger partial charge in [-0.05, 0) is 43.5 Å². The van der Waals surface area contributed by atoms with Crippen LogP contribution in [0.1, 0.15) is 35.2 Å². The molecule has 1 atom stereocenters. The molecule has 4 N–H and O–H groups in total. The highest BCUT2D eigenvalue weighted by Gasteiger charge is 2.24. The first-order valence-electron chi connectivity index (χ1n) is 9.63. The maximum absolute atomic E-state index is 12.6. The van der Waals surface area contributed by atoms with Gasteiger partial charge < -0.3 is 25.6 Å². The molecule has 0 spiro atoms. The van der Waals surface area contributed by atoms with Crippen molar-refractivity contribution in [1.82, 2.24) is 5.32 Å². The zero-order chi connectivity index (χ0) is 21.1. The summed E-state index contributed by atoms with van der Waals surface area (Å²) in [5, 5.41) is 12.9. The van der Waals surface area contributed by atoms with Gasteiger partial charge in [0.25, 0.3) is 5.91 Å². The van der Waals surface area contributed by atoms with Crippen LogP contribution in [0.3, 0.4) is 0 Å². The van der Waals surface area contributed by atoms with Crippen LogP contribution < -0.4 is 15.8 Å².